The van der Waals surface area contributed by atoms with Gasteiger partial charge in [-0.15, -0.1) is 0 Å². The van der Waals surface area contributed by atoms with Gasteiger partial charge in [0, 0.05) is 13.1 Å². The molecule has 5 nitrogen and oxygen atoms in total. The summed E-state index contributed by atoms with van der Waals surface area (Å²) < 4.78 is 16.1. The number of hydrogen-bond acceptors (Lipinski definition) is 4. The van der Waals surface area contributed by atoms with Gasteiger partial charge in [-0.3, -0.25) is 4.79 Å². The summed E-state index contributed by atoms with van der Waals surface area (Å²) in [7, 11) is 3.24. The third kappa shape index (κ3) is 5.41. The molecule has 5 heteroatoms. The fourth-order valence-electron chi connectivity index (χ4n) is 2.47. The number of benzene rings is 2. The Bertz CT molecular complexity index is 670. The Balaban J connectivity index is 1.86. The van der Waals surface area contributed by atoms with Gasteiger partial charge in [-0.25, -0.2) is 0 Å². The van der Waals surface area contributed by atoms with Gasteiger partial charge in [-0.05, 0) is 36.8 Å². The molecule has 25 heavy (non-hydrogen) atoms. The normalized spacial score (nSPS) is 10.2. The highest BCUT2D eigenvalue weighted by molar-refractivity contribution is 5.76. The molecule has 0 aliphatic heterocycles. The Hall–Kier alpha value is -2.69. The van der Waals surface area contributed by atoms with Crippen LogP contribution in [0.3, 0.4) is 0 Å². The van der Waals surface area contributed by atoms with Crippen LogP contribution in [0.1, 0.15) is 18.9 Å². The van der Waals surface area contributed by atoms with E-state index in [0.29, 0.717) is 37.6 Å². The van der Waals surface area contributed by atoms with E-state index in [-0.39, 0.29) is 5.91 Å². The summed E-state index contributed by atoms with van der Waals surface area (Å²) in [5.41, 5.74) is 1.07. The lowest BCUT2D eigenvalue weighted by Crippen LogP contribution is -2.31. The first-order chi connectivity index (χ1) is 12.2. The minimum atomic E-state index is 0.0632. The van der Waals surface area contributed by atoms with Gasteiger partial charge >= 0.3 is 0 Å². The van der Waals surface area contributed by atoms with Crippen LogP contribution in [0.4, 0.5) is 0 Å². The zero-order valence-corrected chi connectivity index (χ0v) is 15.0. The van der Waals surface area contributed by atoms with Gasteiger partial charge in [0.05, 0.1) is 27.2 Å². The van der Waals surface area contributed by atoms with Crippen molar-refractivity contribution in [1.29, 1.82) is 0 Å². The van der Waals surface area contributed by atoms with Crippen LogP contribution in [-0.2, 0) is 11.3 Å². The van der Waals surface area contributed by atoms with Crippen molar-refractivity contribution in [1.82, 2.24) is 4.90 Å². The summed E-state index contributed by atoms with van der Waals surface area (Å²) in [6.07, 6.45) is 0.321. The van der Waals surface area contributed by atoms with Gasteiger partial charge in [0.25, 0.3) is 0 Å². The average molecular weight is 343 g/mol. The van der Waals surface area contributed by atoms with Crippen LogP contribution >= 0.6 is 0 Å². The topological polar surface area (TPSA) is 48.0 Å². The van der Waals surface area contributed by atoms with Crippen molar-refractivity contribution in [2.24, 2.45) is 0 Å². The molecule has 0 aromatic heterocycles. The third-order valence-electron chi connectivity index (χ3n) is 3.91. The summed E-state index contributed by atoms with van der Waals surface area (Å²) in [6, 6.07) is 15.2. The van der Waals surface area contributed by atoms with E-state index in [1.54, 1.807) is 14.2 Å². The van der Waals surface area contributed by atoms with Crippen molar-refractivity contribution < 1.29 is 19.0 Å². The number of rotatable bonds is 9. The molecule has 134 valence electrons. The molecule has 0 N–H and O–H groups in total. The van der Waals surface area contributed by atoms with Gasteiger partial charge in [-0.1, -0.05) is 24.3 Å². The lowest BCUT2D eigenvalue weighted by Gasteiger charge is -2.21. The van der Waals surface area contributed by atoms with Crippen molar-refractivity contribution in [2.75, 3.05) is 27.4 Å². The summed E-state index contributed by atoms with van der Waals surface area (Å²) in [6.45, 7) is 3.52. The minimum Gasteiger partial charge on any atom is -0.497 e. The van der Waals surface area contributed by atoms with E-state index in [0.717, 1.165) is 11.3 Å². The van der Waals surface area contributed by atoms with Crippen molar-refractivity contribution >= 4 is 5.91 Å². The van der Waals surface area contributed by atoms with E-state index < -0.39 is 0 Å². The second-order valence-electron chi connectivity index (χ2n) is 5.51. The molecule has 0 bridgehead atoms. The Kier molecular flexibility index (Phi) is 7.14. The van der Waals surface area contributed by atoms with Gasteiger partial charge in [0.1, 0.15) is 5.75 Å². The molecule has 0 saturated carbocycles. The summed E-state index contributed by atoms with van der Waals surface area (Å²) in [5.74, 6) is 2.19. The molecule has 0 aliphatic rings. The van der Waals surface area contributed by atoms with Gasteiger partial charge < -0.3 is 19.1 Å². The van der Waals surface area contributed by atoms with Crippen LogP contribution < -0.4 is 14.2 Å². The Labute approximate surface area is 149 Å². The van der Waals surface area contributed by atoms with Crippen molar-refractivity contribution in [3.05, 3.63) is 54.1 Å². The third-order valence-corrected chi connectivity index (χ3v) is 3.91. The summed E-state index contributed by atoms with van der Waals surface area (Å²) in [4.78, 5) is 14.2. The zero-order chi connectivity index (χ0) is 18.1. The smallest absolute Gasteiger partial charge is 0.226 e. The second kappa shape index (κ2) is 9.57. The molecule has 0 spiro atoms. The fourth-order valence-corrected chi connectivity index (χ4v) is 2.47. The predicted octanol–water partition coefficient (Wildman–Crippen LogP) is 3.52. The highest BCUT2D eigenvalue weighted by Gasteiger charge is 2.13. The molecule has 1 amide bonds. The summed E-state index contributed by atoms with van der Waals surface area (Å²) >= 11 is 0. The quantitative estimate of drug-likeness (QED) is 0.699. The van der Waals surface area contributed by atoms with Crippen molar-refractivity contribution in [2.45, 2.75) is 19.9 Å². The van der Waals surface area contributed by atoms with E-state index in [1.807, 2.05) is 60.4 Å². The maximum Gasteiger partial charge on any atom is 0.226 e. The number of hydrogen-bond donors (Lipinski definition) is 0. The van der Waals surface area contributed by atoms with E-state index in [9.17, 15) is 4.79 Å². The van der Waals surface area contributed by atoms with Crippen molar-refractivity contribution in [3.63, 3.8) is 0 Å². The van der Waals surface area contributed by atoms with Gasteiger partial charge in [-0.2, -0.15) is 0 Å². The van der Waals surface area contributed by atoms with E-state index in [1.165, 1.54) is 0 Å². The van der Waals surface area contributed by atoms with E-state index >= 15 is 0 Å². The molecule has 2 aromatic carbocycles. The number of amides is 1. The molecular weight excluding hydrogens is 318 g/mol. The Morgan fingerprint density at radius 2 is 1.64 bits per heavy atom. The first-order valence-corrected chi connectivity index (χ1v) is 8.34. The van der Waals surface area contributed by atoms with E-state index in [4.69, 9.17) is 14.2 Å². The molecule has 0 unspecified atom stereocenters. The summed E-state index contributed by atoms with van der Waals surface area (Å²) in [5, 5.41) is 0. The number of nitrogens with zero attached hydrogens (tertiary/aromatic N) is 1. The first-order valence-electron chi connectivity index (χ1n) is 8.34. The largest absolute Gasteiger partial charge is 0.497 e. The van der Waals surface area contributed by atoms with Gasteiger partial charge in [0.2, 0.25) is 5.91 Å². The molecule has 2 rings (SSSR count). The van der Waals surface area contributed by atoms with E-state index in [2.05, 4.69) is 0 Å². The molecule has 0 aliphatic carbocycles. The zero-order valence-electron chi connectivity index (χ0n) is 15.0. The van der Waals surface area contributed by atoms with Crippen LogP contribution in [0.5, 0.6) is 17.2 Å². The molecule has 0 radical (unpaired) electrons. The van der Waals surface area contributed by atoms with Crippen LogP contribution in [-0.4, -0.2) is 38.2 Å². The van der Waals surface area contributed by atoms with Gasteiger partial charge in [0.15, 0.2) is 11.5 Å². The number of carbonyl (C=O) groups excluding carboxylic acids is 1. The number of methoxy groups -OCH3 is 2. The molecule has 2 aromatic rings. The minimum absolute atomic E-state index is 0.0632. The molecule has 0 atom stereocenters. The molecule has 0 saturated heterocycles. The predicted molar refractivity (Wildman–Crippen MR) is 97.2 cm³/mol. The molecular formula is C20H25NO4. The lowest BCUT2D eigenvalue weighted by molar-refractivity contribution is -0.132. The highest BCUT2D eigenvalue weighted by Crippen LogP contribution is 2.25. The fraction of sp³-hybridized carbons (Fsp3) is 0.350. The Morgan fingerprint density at radius 3 is 2.24 bits per heavy atom. The van der Waals surface area contributed by atoms with Crippen molar-refractivity contribution in [3.8, 4) is 17.2 Å². The highest BCUT2D eigenvalue weighted by atomic mass is 16.5. The van der Waals surface area contributed by atoms with Crippen LogP contribution in [0, 0.1) is 0 Å². The first kappa shape index (κ1) is 18.6. The monoisotopic (exact) mass is 343 g/mol. The van der Waals surface area contributed by atoms with Crippen LogP contribution in [0.2, 0.25) is 0 Å². The lowest BCUT2D eigenvalue weighted by atomic mass is 10.2. The molecule has 0 fully saturated rings. The maximum absolute atomic E-state index is 12.4. The van der Waals surface area contributed by atoms with Crippen LogP contribution in [0.25, 0.3) is 0 Å². The molecule has 0 heterocycles. The number of carbonyl (C=O) groups is 1. The number of ether oxygens (including phenoxy) is 3. The number of para-hydroxylation sites is 2. The Morgan fingerprint density at radius 1 is 0.960 bits per heavy atom. The standard InChI is InChI=1S/C20H25NO4/c1-4-21(15-16-9-11-17(23-2)12-10-16)20(22)13-14-25-19-8-6-5-7-18(19)24-3/h5-12H,4,13-15H2,1-3H3. The van der Waals surface area contributed by atoms with Crippen LogP contribution in [0.15, 0.2) is 48.5 Å². The average Bonchev–Trinajstić information content (AvgIpc) is 2.66. The maximum atomic E-state index is 12.4. The second-order valence-corrected chi connectivity index (χ2v) is 5.51. The SMILES string of the molecule is CCN(Cc1ccc(OC)cc1)C(=O)CCOc1ccccc1OC.